The Morgan fingerprint density at radius 3 is 1.55 bits per heavy atom. The third-order valence-corrected chi connectivity index (χ3v) is 4.93. The minimum atomic E-state index is -0.434. The van der Waals surface area contributed by atoms with E-state index in [9.17, 15) is 9.59 Å². The van der Waals surface area contributed by atoms with Crippen molar-refractivity contribution in [2.75, 3.05) is 0 Å². The van der Waals surface area contributed by atoms with Crippen molar-refractivity contribution in [3.05, 3.63) is 108 Å². The summed E-state index contributed by atoms with van der Waals surface area (Å²) in [7, 11) is 0. The number of ether oxygens (including phenoxy) is 2. The van der Waals surface area contributed by atoms with E-state index in [0.717, 1.165) is 22.3 Å². The Bertz CT molecular complexity index is 1180. The van der Waals surface area contributed by atoms with Crippen molar-refractivity contribution in [1.29, 1.82) is 0 Å². The first-order chi connectivity index (χ1) is 15.9. The molecule has 3 rings (SSSR count). The normalized spacial score (nSPS) is 10.6. The van der Waals surface area contributed by atoms with Gasteiger partial charge in [-0.05, 0) is 59.9 Å². The van der Waals surface area contributed by atoms with Crippen LogP contribution in [0.4, 0.5) is 0 Å². The van der Waals surface area contributed by atoms with Gasteiger partial charge in [-0.3, -0.25) is 0 Å². The second-order valence-corrected chi connectivity index (χ2v) is 7.57. The smallest absolute Gasteiger partial charge is 0.338 e. The maximum absolute atomic E-state index is 11.8. The lowest BCUT2D eigenvalue weighted by atomic mass is 10.0. The third-order valence-electron chi connectivity index (χ3n) is 4.93. The molecule has 0 bridgehead atoms. The number of esters is 2. The molecule has 0 aliphatic heterocycles. The number of hydrogen-bond acceptors (Lipinski definition) is 4. The van der Waals surface area contributed by atoms with Crippen LogP contribution in [0.3, 0.4) is 0 Å². The molecule has 33 heavy (non-hydrogen) atoms. The van der Waals surface area contributed by atoms with Crippen molar-refractivity contribution >= 4 is 24.1 Å². The van der Waals surface area contributed by atoms with Crippen molar-refractivity contribution in [2.45, 2.75) is 20.3 Å². The van der Waals surface area contributed by atoms with Crippen LogP contribution in [0, 0.1) is 0 Å². The Hall–Kier alpha value is -4.18. The van der Waals surface area contributed by atoms with Gasteiger partial charge in [0.15, 0.2) is 0 Å². The molecule has 0 atom stereocenters. The predicted molar refractivity (Wildman–Crippen MR) is 133 cm³/mol. The third kappa shape index (κ3) is 6.65. The molecule has 3 aromatic rings. The Balaban J connectivity index is 1.61. The van der Waals surface area contributed by atoms with Crippen molar-refractivity contribution in [2.24, 2.45) is 0 Å². The van der Waals surface area contributed by atoms with Gasteiger partial charge in [0.25, 0.3) is 0 Å². The van der Waals surface area contributed by atoms with Gasteiger partial charge in [-0.15, -0.1) is 0 Å². The number of carbonyl (C=O) groups excluding carboxylic acids is 2. The summed E-state index contributed by atoms with van der Waals surface area (Å²) in [6.45, 7) is 10.7. The maximum Gasteiger partial charge on any atom is 0.338 e. The average Bonchev–Trinajstić information content (AvgIpc) is 2.83. The fourth-order valence-corrected chi connectivity index (χ4v) is 2.86. The summed E-state index contributed by atoms with van der Waals surface area (Å²) < 4.78 is 10.5. The summed E-state index contributed by atoms with van der Waals surface area (Å²) in [4.78, 5) is 23.4. The molecule has 4 heteroatoms. The second kappa shape index (κ2) is 10.9. The molecule has 0 saturated carbocycles. The molecule has 0 radical (unpaired) electrons. The van der Waals surface area contributed by atoms with Crippen LogP contribution in [0.25, 0.3) is 23.3 Å². The Labute approximate surface area is 194 Å². The van der Waals surface area contributed by atoms with Crippen LogP contribution in [0.5, 0.6) is 11.5 Å². The summed E-state index contributed by atoms with van der Waals surface area (Å²) in [5.41, 5.74) is 4.95. The number of carbonyl (C=O) groups is 2. The Morgan fingerprint density at radius 1 is 0.697 bits per heavy atom. The van der Waals surface area contributed by atoms with E-state index in [2.05, 4.69) is 13.2 Å². The van der Waals surface area contributed by atoms with E-state index in [1.54, 1.807) is 31.2 Å². The maximum atomic E-state index is 11.8. The van der Waals surface area contributed by atoms with Gasteiger partial charge in [0, 0.05) is 11.1 Å². The molecule has 0 heterocycles. The van der Waals surface area contributed by atoms with E-state index in [4.69, 9.17) is 9.47 Å². The largest absolute Gasteiger partial charge is 0.423 e. The summed E-state index contributed by atoms with van der Waals surface area (Å²) >= 11 is 0. The fraction of sp³-hybridized carbons (Fsp3) is 0.103. The molecular formula is C29H26O4. The van der Waals surface area contributed by atoms with E-state index in [-0.39, 0.29) is 0 Å². The fourth-order valence-electron chi connectivity index (χ4n) is 2.86. The molecular weight excluding hydrogens is 412 g/mol. The van der Waals surface area contributed by atoms with E-state index < -0.39 is 11.9 Å². The Morgan fingerprint density at radius 2 is 1.09 bits per heavy atom. The molecule has 0 amide bonds. The van der Waals surface area contributed by atoms with Gasteiger partial charge in [0.1, 0.15) is 11.5 Å². The van der Waals surface area contributed by atoms with Gasteiger partial charge in [-0.2, -0.15) is 0 Å². The second-order valence-electron chi connectivity index (χ2n) is 7.57. The molecule has 0 unspecified atom stereocenters. The van der Waals surface area contributed by atoms with Crippen LogP contribution in [-0.2, 0) is 9.59 Å². The standard InChI is InChI=1S/C29H26O4/c1-5-21(4)29(31)33-27-18-14-25(15-19-27)24-12-8-22(9-13-24)6-7-23-10-16-26(17-11-23)32-28(30)20(2)3/h6-19H,2,4-5H2,1,3H3/b7-6+. The van der Waals surface area contributed by atoms with Crippen molar-refractivity contribution in [3.8, 4) is 22.6 Å². The first-order valence-electron chi connectivity index (χ1n) is 10.6. The van der Waals surface area contributed by atoms with E-state index in [1.807, 2.05) is 67.6 Å². The van der Waals surface area contributed by atoms with Crippen LogP contribution in [0.1, 0.15) is 31.4 Å². The van der Waals surface area contributed by atoms with Gasteiger partial charge in [0.2, 0.25) is 0 Å². The number of benzene rings is 3. The molecule has 166 valence electrons. The van der Waals surface area contributed by atoms with E-state index in [0.29, 0.717) is 29.1 Å². The highest BCUT2D eigenvalue weighted by Gasteiger charge is 2.08. The molecule has 4 nitrogen and oxygen atoms in total. The predicted octanol–water partition coefficient (Wildman–Crippen LogP) is 6.88. The van der Waals surface area contributed by atoms with Gasteiger partial charge in [-0.1, -0.05) is 80.8 Å². The summed E-state index contributed by atoms with van der Waals surface area (Å²) in [5.74, 6) is 0.152. The number of rotatable bonds is 8. The quantitative estimate of drug-likeness (QED) is 0.167. The zero-order valence-corrected chi connectivity index (χ0v) is 18.8. The SMILES string of the molecule is C=C(C)C(=O)Oc1ccc(/C=C/c2ccc(-c3ccc(OC(=O)C(=C)CC)cc3)cc2)cc1. The van der Waals surface area contributed by atoms with Gasteiger partial charge < -0.3 is 9.47 Å². The van der Waals surface area contributed by atoms with Crippen molar-refractivity contribution in [3.63, 3.8) is 0 Å². The molecule has 0 saturated heterocycles. The lowest BCUT2D eigenvalue weighted by molar-refractivity contribution is -0.131. The number of hydrogen-bond donors (Lipinski definition) is 0. The molecule has 0 spiro atoms. The summed E-state index contributed by atoms with van der Waals surface area (Å²) in [5, 5.41) is 0. The molecule has 3 aromatic carbocycles. The lowest BCUT2D eigenvalue weighted by Gasteiger charge is -2.07. The topological polar surface area (TPSA) is 52.6 Å². The van der Waals surface area contributed by atoms with Crippen LogP contribution >= 0.6 is 0 Å². The van der Waals surface area contributed by atoms with Gasteiger partial charge in [0.05, 0.1) is 0 Å². The highest BCUT2D eigenvalue weighted by atomic mass is 16.5. The van der Waals surface area contributed by atoms with E-state index in [1.165, 1.54) is 0 Å². The zero-order valence-electron chi connectivity index (χ0n) is 18.8. The highest BCUT2D eigenvalue weighted by molar-refractivity contribution is 5.89. The Kier molecular flexibility index (Phi) is 7.77. The van der Waals surface area contributed by atoms with E-state index >= 15 is 0 Å². The average molecular weight is 439 g/mol. The van der Waals surface area contributed by atoms with Crippen LogP contribution < -0.4 is 9.47 Å². The van der Waals surface area contributed by atoms with Gasteiger partial charge in [-0.25, -0.2) is 9.59 Å². The molecule has 0 aromatic heterocycles. The van der Waals surface area contributed by atoms with Crippen LogP contribution in [0.15, 0.2) is 97.1 Å². The lowest BCUT2D eigenvalue weighted by Crippen LogP contribution is -2.09. The minimum Gasteiger partial charge on any atom is -0.423 e. The zero-order chi connectivity index (χ0) is 23.8. The monoisotopic (exact) mass is 438 g/mol. The molecule has 0 fully saturated rings. The first-order valence-corrected chi connectivity index (χ1v) is 10.6. The van der Waals surface area contributed by atoms with Crippen LogP contribution in [-0.4, -0.2) is 11.9 Å². The van der Waals surface area contributed by atoms with Gasteiger partial charge >= 0.3 is 11.9 Å². The first kappa shape index (κ1) is 23.5. The summed E-state index contributed by atoms with van der Waals surface area (Å²) in [6, 6.07) is 22.8. The minimum absolute atomic E-state index is 0.361. The summed E-state index contributed by atoms with van der Waals surface area (Å²) in [6.07, 6.45) is 4.57. The molecule has 0 aliphatic carbocycles. The molecule has 0 aliphatic rings. The molecule has 0 N–H and O–H groups in total. The van der Waals surface area contributed by atoms with Crippen LogP contribution in [0.2, 0.25) is 0 Å². The van der Waals surface area contributed by atoms with Crippen molar-refractivity contribution < 1.29 is 19.1 Å². The highest BCUT2D eigenvalue weighted by Crippen LogP contribution is 2.24. The van der Waals surface area contributed by atoms with Crippen molar-refractivity contribution in [1.82, 2.24) is 0 Å².